The normalized spacial score (nSPS) is 32.1. The number of benzene rings is 1. The molecular weight excluding hydrogens is 272 g/mol. The summed E-state index contributed by atoms with van der Waals surface area (Å²) in [6.45, 7) is 0. The predicted octanol–water partition coefficient (Wildman–Crippen LogP) is 1.77. The Bertz CT molecular complexity index is 633. The molecule has 2 aliphatic heterocycles. The molecule has 1 aromatic carbocycles. The number of carbonyl (C=O) groups excluding carboxylic acids is 2. The number of hydrogen-bond donors (Lipinski definition) is 0. The van der Waals surface area contributed by atoms with Crippen molar-refractivity contribution in [2.24, 2.45) is 11.8 Å². The fraction of sp³-hybridized carbons (Fsp3) is 0.375. The van der Waals surface area contributed by atoms with Gasteiger partial charge in [-0.3, -0.25) is 9.59 Å². The number of hydrogen-bond acceptors (Lipinski definition) is 5. The second-order valence-corrected chi connectivity index (χ2v) is 5.50. The fourth-order valence-corrected chi connectivity index (χ4v) is 3.68. The van der Waals surface area contributed by atoms with Gasteiger partial charge in [0.05, 0.1) is 38.3 Å². The highest BCUT2D eigenvalue weighted by Gasteiger charge is 2.58. The summed E-state index contributed by atoms with van der Waals surface area (Å²) < 4.78 is 16.6. The van der Waals surface area contributed by atoms with E-state index in [0.717, 1.165) is 11.1 Å². The van der Waals surface area contributed by atoms with Crippen molar-refractivity contribution in [2.45, 2.75) is 12.2 Å². The van der Waals surface area contributed by atoms with E-state index in [1.54, 1.807) is 14.2 Å². The molecule has 21 heavy (non-hydrogen) atoms. The highest BCUT2D eigenvalue weighted by atomic mass is 16.5. The van der Waals surface area contributed by atoms with Crippen LogP contribution in [0, 0.1) is 11.8 Å². The van der Waals surface area contributed by atoms with Crippen LogP contribution in [0.1, 0.15) is 23.3 Å². The molecule has 0 saturated carbocycles. The summed E-state index contributed by atoms with van der Waals surface area (Å²) in [7, 11) is 3.14. The molecule has 0 radical (unpaired) electrons. The van der Waals surface area contributed by atoms with Crippen LogP contribution in [-0.4, -0.2) is 25.8 Å². The predicted molar refractivity (Wildman–Crippen MR) is 72.2 cm³/mol. The van der Waals surface area contributed by atoms with Gasteiger partial charge >= 0.3 is 0 Å². The Labute approximate surface area is 121 Å². The highest BCUT2D eigenvalue weighted by molar-refractivity contribution is 6.08. The molecule has 4 atom stereocenters. The minimum absolute atomic E-state index is 0.0347. The summed E-state index contributed by atoms with van der Waals surface area (Å²) in [5.41, 5.74) is 1.85. The average molecular weight is 286 g/mol. The second-order valence-electron chi connectivity index (χ2n) is 5.50. The highest BCUT2D eigenvalue weighted by Crippen LogP contribution is 2.60. The first-order valence-corrected chi connectivity index (χ1v) is 6.82. The quantitative estimate of drug-likeness (QED) is 0.829. The zero-order valence-electron chi connectivity index (χ0n) is 11.7. The van der Waals surface area contributed by atoms with Crippen LogP contribution in [0.3, 0.4) is 0 Å². The number of carbonyl (C=O) groups is 2. The van der Waals surface area contributed by atoms with Gasteiger partial charge in [-0.05, 0) is 35.4 Å². The summed E-state index contributed by atoms with van der Waals surface area (Å²) >= 11 is 0. The van der Waals surface area contributed by atoms with E-state index in [4.69, 9.17) is 14.2 Å². The molecule has 4 rings (SSSR count). The Morgan fingerprint density at radius 1 is 0.857 bits per heavy atom. The van der Waals surface area contributed by atoms with Crippen molar-refractivity contribution in [3.8, 4) is 11.5 Å². The van der Waals surface area contributed by atoms with E-state index >= 15 is 0 Å². The van der Waals surface area contributed by atoms with Crippen molar-refractivity contribution in [3.05, 3.63) is 35.4 Å². The summed E-state index contributed by atoms with van der Waals surface area (Å²) in [6, 6.07) is 3.70. The molecule has 1 aliphatic carbocycles. The lowest BCUT2D eigenvalue weighted by Crippen LogP contribution is -2.35. The molecule has 1 fully saturated rings. The van der Waals surface area contributed by atoms with Gasteiger partial charge in [-0.2, -0.15) is 0 Å². The largest absolute Gasteiger partial charge is 0.493 e. The van der Waals surface area contributed by atoms with E-state index in [-0.39, 0.29) is 23.8 Å². The molecule has 0 aromatic heterocycles. The molecule has 5 nitrogen and oxygen atoms in total. The van der Waals surface area contributed by atoms with E-state index in [1.807, 2.05) is 12.1 Å². The Kier molecular flexibility index (Phi) is 2.50. The SMILES string of the molecule is COc1cc2c(cc1OC)[C@@H]1O[C@H]2[C@@H]2C(=O)C=CC(=O)[C@@H]21. The van der Waals surface area contributed by atoms with Crippen molar-refractivity contribution < 1.29 is 23.8 Å². The molecule has 0 amide bonds. The maximum atomic E-state index is 12.1. The Hall–Kier alpha value is -2.14. The van der Waals surface area contributed by atoms with Crippen LogP contribution in [0.2, 0.25) is 0 Å². The van der Waals surface area contributed by atoms with Crippen molar-refractivity contribution >= 4 is 11.6 Å². The molecule has 2 heterocycles. The number of rotatable bonds is 2. The standard InChI is InChI=1S/C16H14O5/c1-19-11-5-7-8(6-12(11)20-2)16-14-10(18)4-3-9(17)13(14)15(7)21-16/h3-6,13-16H,1-2H3/t13-,14+,15-,16+. The van der Waals surface area contributed by atoms with Crippen molar-refractivity contribution in [3.63, 3.8) is 0 Å². The minimum Gasteiger partial charge on any atom is -0.493 e. The number of ether oxygens (including phenoxy) is 3. The van der Waals surface area contributed by atoms with E-state index in [2.05, 4.69) is 0 Å². The van der Waals surface area contributed by atoms with Crippen molar-refractivity contribution in [1.29, 1.82) is 0 Å². The van der Waals surface area contributed by atoms with E-state index in [0.29, 0.717) is 11.5 Å². The van der Waals surface area contributed by atoms with Gasteiger partial charge in [0.1, 0.15) is 0 Å². The lowest BCUT2D eigenvalue weighted by molar-refractivity contribution is -0.128. The first kappa shape index (κ1) is 12.6. The summed E-state index contributed by atoms with van der Waals surface area (Å²) in [6.07, 6.45) is 2.01. The molecule has 5 heteroatoms. The maximum absolute atomic E-state index is 12.1. The first-order chi connectivity index (χ1) is 10.2. The third-order valence-corrected chi connectivity index (χ3v) is 4.60. The minimum atomic E-state index is -0.405. The molecule has 0 unspecified atom stereocenters. The van der Waals surface area contributed by atoms with Gasteiger partial charge in [0.25, 0.3) is 0 Å². The summed E-state index contributed by atoms with van der Waals surface area (Å²) in [4.78, 5) is 24.2. The van der Waals surface area contributed by atoms with Crippen LogP contribution in [0.15, 0.2) is 24.3 Å². The molecule has 1 saturated heterocycles. The van der Waals surface area contributed by atoms with Gasteiger partial charge in [-0.25, -0.2) is 0 Å². The molecule has 3 aliphatic rings. The van der Waals surface area contributed by atoms with Crippen LogP contribution in [0.4, 0.5) is 0 Å². The number of fused-ring (bicyclic) bond motifs is 8. The van der Waals surface area contributed by atoms with Gasteiger partial charge in [-0.1, -0.05) is 0 Å². The zero-order valence-corrected chi connectivity index (χ0v) is 11.7. The summed E-state index contributed by atoms with van der Waals surface area (Å²) in [5, 5.41) is 0. The molecule has 0 N–H and O–H groups in total. The molecule has 1 aromatic rings. The van der Waals surface area contributed by atoms with Gasteiger partial charge in [0.2, 0.25) is 0 Å². The van der Waals surface area contributed by atoms with E-state index < -0.39 is 11.8 Å². The number of allylic oxidation sites excluding steroid dienone is 2. The smallest absolute Gasteiger partial charge is 0.162 e. The zero-order chi connectivity index (χ0) is 14.7. The van der Waals surface area contributed by atoms with Gasteiger partial charge in [-0.15, -0.1) is 0 Å². The second kappa shape index (κ2) is 4.18. The van der Waals surface area contributed by atoms with Gasteiger partial charge in [0.15, 0.2) is 23.1 Å². The maximum Gasteiger partial charge on any atom is 0.162 e. The molecule has 0 spiro atoms. The Balaban J connectivity index is 1.87. The fourth-order valence-electron chi connectivity index (χ4n) is 3.68. The van der Waals surface area contributed by atoms with Crippen LogP contribution >= 0.6 is 0 Å². The topological polar surface area (TPSA) is 61.8 Å². The van der Waals surface area contributed by atoms with Crippen LogP contribution in [0.5, 0.6) is 11.5 Å². The third kappa shape index (κ3) is 1.49. The average Bonchev–Trinajstić information content (AvgIpc) is 3.06. The third-order valence-electron chi connectivity index (χ3n) is 4.60. The van der Waals surface area contributed by atoms with Gasteiger partial charge < -0.3 is 14.2 Å². The first-order valence-electron chi connectivity index (χ1n) is 6.82. The Morgan fingerprint density at radius 3 is 1.67 bits per heavy atom. The molecule has 108 valence electrons. The molecular formula is C16H14O5. The lowest BCUT2D eigenvalue weighted by Gasteiger charge is -2.29. The summed E-state index contributed by atoms with van der Waals surface area (Å²) in [5.74, 6) is 0.333. The van der Waals surface area contributed by atoms with E-state index in [1.165, 1.54) is 12.2 Å². The number of ketones is 2. The Morgan fingerprint density at radius 2 is 1.29 bits per heavy atom. The number of methoxy groups -OCH3 is 2. The van der Waals surface area contributed by atoms with Crippen LogP contribution < -0.4 is 9.47 Å². The van der Waals surface area contributed by atoms with Crippen molar-refractivity contribution in [1.82, 2.24) is 0 Å². The van der Waals surface area contributed by atoms with Crippen molar-refractivity contribution in [2.75, 3.05) is 14.2 Å². The van der Waals surface area contributed by atoms with Gasteiger partial charge in [0, 0.05) is 0 Å². The lowest BCUT2D eigenvalue weighted by atomic mass is 9.70. The van der Waals surface area contributed by atoms with E-state index in [9.17, 15) is 9.59 Å². The van der Waals surface area contributed by atoms with Crippen LogP contribution in [-0.2, 0) is 14.3 Å². The monoisotopic (exact) mass is 286 g/mol. The molecule has 2 bridgehead atoms. The van der Waals surface area contributed by atoms with Crippen LogP contribution in [0.25, 0.3) is 0 Å².